The molecule has 0 aliphatic heterocycles. The highest BCUT2D eigenvalue weighted by Crippen LogP contribution is 2.25. The number of amides is 1. The van der Waals surface area contributed by atoms with Crippen LogP contribution in [0.4, 0.5) is 11.5 Å². The van der Waals surface area contributed by atoms with E-state index in [1.54, 1.807) is 19.2 Å². The Hall–Kier alpha value is -2.63. The van der Waals surface area contributed by atoms with E-state index in [1.165, 1.54) is 0 Å². The highest BCUT2D eigenvalue weighted by molar-refractivity contribution is 5.92. The summed E-state index contributed by atoms with van der Waals surface area (Å²) in [6, 6.07) is 10.9. The quantitative estimate of drug-likeness (QED) is 0.732. The molecule has 1 amide bonds. The second kappa shape index (κ2) is 8.73. The van der Waals surface area contributed by atoms with E-state index >= 15 is 0 Å². The first-order valence-corrected chi connectivity index (χ1v) is 7.76. The first kappa shape index (κ1) is 16.7. The summed E-state index contributed by atoms with van der Waals surface area (Å²) in [6.07, 6.45) is 3.20. The smallest absolute Gasteiger partial charge is 0.271 e. The number of hydrogen-bond acceptors (Lipinski definition) is 5. The molecule has 6 nitrogen and oxygen atoms in total. The number of benzene rings is 1. The molecule has 0 saturated carbocycles. The molecule has 0 aliphatic carbocycles. The van der Waals surface area contributed by atoms with Crippen molar-refractivity contribution < 1.29 is 9.53 Å². The van der Waals surface area contributed by atoms with Crippen molar-refractivity contribution in [1.29, 1.82) is 0 Å². The summed E-state index contributed by atoms with van der Waals surface area (Å²) in [5.74, 6) is 1.07. The number of para-hydroxylation sites is 2. The van der Waals surface area contributed by atoms with Crippen LogP contribution >= 0.6 is 0 Å². The highest BCUT2D eigenvalue weighted by atomic mass is 16.5. The Balaban J connectivity index is 1.95. The van der Waals surface area contributed by atoms with E-state index in [4.69, 9.17) is 4.74 Å². The summed E-state index contributed by atoms with van der Waals surface area (Å²) in [4.78, 5) is 11.9. The first-order valence-electron chi connectivity index (χ1n) is 7.76. The molecule has 1 aromatic carbocycles. The molecule has 1 aromatic heterocycles. The van der Waals surface area contributed by atoms with Gasteiger partial charge in [0.2, 0.25) is 0 Å². The first-order chi connectivity index (χ1) is 11.2. The Bertz CT molecular complexity index is 629. The normalized spacial score (nSPS) is 10.2. The summed E-state index contributed by atoms with van der Waals surface area (Å²) < 4.78 is 5.27. The van der Waals surface area contributed by atoms with Crippen LogP contribution < -0.4 is 15.4 Å². The van der Waals surface area contributed by atoms with Gasteiger partial charge in [-0.15, -0.1) is 10.2 Å². The predicted octanol–water partition coefficient (Wildman–Crippen LogP) is 3.15. The van der Waals surface area contributed by atoms with Crippen molar-refractivity contribution in [2.45, 2.75) is 26.2 Å². The lowest BCUT2D eigenvalue weighted by atomic mass is 10.2. The fourth-order valence-corrected chi connectivity index (χ4v) is 2.07. The Morgan fingerprint density at radius 3 is 2.65 bits per heavy atom. The second-order valence-electron chi connectivity index (χ2n) is 5.09. The van der Waals surface area contributed by atoms with E-state index < -0.39 is 0 Å². The molecule has 0 radical (unpaired) electrons. The third kappa shape index (κ3) is 4.95. The average molecular weight is 314 g/mol. The molecule has 1 heterocycles. The molecule has 0 saturated heterocycles. The van der Waals surface area contributed by atoms with Crippen molar-refractivity contribution in [1.82, 2.24) is 15.5 Å². The zero-order valence-electron chi connectivity index (χ0n) is 13.5. The van der Waals surface area contributed by atoms with Crippen molar-refractivity contribution in [3.05, 3.63) is 42.1 Å². The van der Waals surface area contributed by atoms with E-state index in [0.29, 0.717) is 23.8 Å². The number of methoxy groups -OCH3 is 1. The molecular weight excluding hydrogens is 292 g/mol. The third-order valence-electron chi connectivity index (χ3n) is 3.33. The number of nitrogens with one attached hydrogen (secondary N) is 2. The highest BCUT2D eigenvalue weighted by Gasteiger charge is 2.08. The maximum Gasteiger partial charge on any atom is 0.271 e. The zero-order valence-corrected chi connectivity index (χ0v) is 13.5. The van der Waals surface area contributed by atoms with Crippen LogP contribution in [-0.2, 0) is 0 Å². The number of hydrogen-bond donors (Lipinski definition) is 2. The van der Waals surface area contributed by atoms with Crippen LogP contribution in [0.3, 0.4) is 0 Å². The molecule has 0 atom stereocenters. The van der Waals surface area contributed by atoms with Gasteiger partial charge in [-0.3, -0.25) is 4.79 Å². The third-order valence-corrected chi connectivity index (χ3v) is 3.33. The Labute approximate surface area is 136 Å². The molecule has 0 unspecified atom stereocenters. The van der Waals surface area contributed by atoms with Gasteiger partial charge in [0.25, 0.3) is 5.91 Å². The van der Waals surface area contributed by atoms with Crippen molar-refractivity contribution in [3.63, 3.8) is 0 Å². The Kier molecular flexibility index (Phi) is 6.35. The minimum absolute atomic E-state index is 0.197. The minimum Gasteiger partial charge on any atom is -0.495 e. The van der Waals surface area contributed by atoms with Gasteiger partial charge in [-0.1, -0.05) is 31.9 Å². The largest absolute Gasteiger partial charge is 0.495 e. The number of unbranched alkanes of at least 4 members (excludes halogenated alkanes) is 2. The van der Waals surface area contributed by atoms with Crippen LogP contribution in [0, 0.1) is 0 Å². The zero-order chi connectivity index (χ0) is 16.5. The van der Waals surface area contributed by atoms with Crippen molar-refractivity contribution in [2.24, 2.45) is 0 Å². The van der Waals surface area contributed by atoms with E-state index in [2.05, 4.69) is 27.8 Å². The Morgan fingerprint density at radius 2 is 1.96 bits per heavy atom. The standard InChI is InChI=1S/C17H22N4O2/c1-3-4-7-12-18-17(22)14-10-11-16(21-20-14)19-13-8-5-6-9-15(13)23-2/h5-6,8-11H,3-4,7,12H2,1-2H3,(H,18,22)(H,19,21). The predicted molar refractivity (Wildman–Crippen MR) is 90.2 cm³/mol. The van der Waals surface area contributed by atoms with Crippen molar-refractivity contribution in [3.8, 4) is 5.75 Å². The molecule has 0 bridgehead atoms. The fourth-order valence-electron chi connectivity index (χ4n) is 2.07. The molecular formula is C17H22N4O2. The fraction of sp³-hybridized carbons (Fsp3) is 0.353. The molecule has 122 valence electrons. The molecule has 0 fully saturated rings. The van der Waals surface area contributed by atoms with Crippen molar-refractivity contribution >= 4 is 17.4 Å². The number of ether oxygens (including phenoxy) is 1. The number of anilines is 2. The summed E-state index contributed by atoms with van der Waals surface area (Å²) >= 11 is 0. The number of aromatic nitrogens is 2. The molecule has 0 spiro atoms. The van der Waals surface area contributed by atoms with Gasteiger partial charge in [-0.2, -0.15) is 0 Å². The summed E-state index contributed by atoms with van der Waals surface area (Å²) in [5.41, 5.74) is 1.10. The van der Waals surface area contributed by atoms with Crippen LogP contribution in [0.2, 0.25) is 0 Å². The van der Waals surface area contributed by atoms with E-state index in [0.717, 1.165) is 24.9 Å². The van der Waals surface area contributed by atoms with E-state index in [9.17, 15) is 4.79 Å². The van der Waals surface area contributed by atoms with Crippen LogP contribution in [0.25, 0.3) is 0 Å². The summed E-state index contributed by atoms with van der Waals surface area (Å²) in [7, 11) is 1.61. The van der Waals surface area contributed by atoms with Gasteiger partial charge >= 0.3 is 0 Å². The SMILES string of the molecule is CCCCCNC(=O)c1ccc(Nc2ccccc2OC)nn1. The lowest BCUT2D eigenvalue weighted by molar-refractivity contribution is 0.0947. The number of rotatable bonds is 8. The number of carbonyl (C=O) groups is 1. The van der Waals surface area contributed by atoms with E-state index in [-0.39, 0.29) is 5.91 Å². The second-order valence-corrected chi connectivity index (χ2v) is 5.09. The molecule has 6 heteroatoms. The van der Waals surface area contributed by atoms with Gasteiger partial charge in [0.15, 0.2) is 11.5 Å². The van der Waals surface area contributed by atoms with Gasteiger partial charge in [0.05, 0.1) is 12.8 Å². The molecule has 2 rings (SSSR count). The van der Waals surface area contributed by atoms with Gasteiger partial charge in [-0.05, 0) is 30.7 Å². The van der Waals surface area contributed by atoms with Crippen LogP contribution in [0.5, 0.6) is 5.75 Å². The average Bonchev–Trinajstić information content (AvgIpc) is 2.59. The topological polar surface area (TPSA) is 76.1 Å². The van der Waals surface area contributed by atoms with Crippen LogP contribution in [0.15, 0.2) is 36.4 Å². The molecule has 2 N–H and O–H groups in total. The summed E-state index contributed by atoms with van der Waals surface area (Å²) in [6.45, 7) is 2.79. The van der Waals surface area contributed by atoms with Gasteiger partial charge in [0.1, 0.15) is 5.75 Å². The van der Waals surface area contributed by atoms with Crippen LogP contribution in [0.1, 0.15) is 36.7 Å². The number of carbonyl (C=O) groups excluding carboxylic acids is 1. The lowest BCUT2D eigenvalue weighted by Gasteiger charge is -2.10. The molecule has 2 aromatic rings. The Morgan fingerprint density at radius 1 is 1.13 bits per heavy atom. The number of nitrogens with zero attached hydrogens (tertiary/aromatic N) is 2. The van der Waals surface area contributed by atoms with Crippen molar-refractivity contribution in [2.75, 3.05) is 19.0 Å². The summed E-state index contributed by atoms with van der Waals surface area (Å²) in [5, 5.41) is 14.0. The van der Waals surface area contributed by atoms with E-state index in [1.807, 2.05) is 24.3 Å². The van der Waals surface area contributed by atoms with Crippen LogP contribution in [-0.4, -0.2) is 29.8 Å². The molecule has 0 aliphatic rings. The van der Waals surface area contributed by atoms with Gasteiger partial charge in [0, 0.05) is 6.54 Å². The molecule has 23 heavy (non-hydrogen) atoms. The van der Waals surface area contributed by atoms with Gasteiger partial charge in [-0.25, -0.2) is 0 Å². The monoisotopic (exact) mass is 314 g/mol. The lowest BCUT2D eigenvalue weighted by Crippen LogP contribution is -2.25. The maximum atomic E-state index is 11.9. The minimum atomic E-state index is -0.197. The van der Waals surface area contributed by atoms with Gasteiger partial charge < -0.3 is 15.4 Å². The maximum absolute atomic E-state index is 11.9.